The van der Waals surface area contributed by atoms with Gasteiger partial charge in [0.2, 0.25) is 0 Å². The largest absolute Gasteiger partial charge is 0.295 e. The van der Waals surface area contributed by atoms with Gasteiger partial charge in [-0.25, -0.2) is 18.3 Å². The second kappa shape index (κ2) is 8.41. The highest BCUT2D eigenvalue weighted by Crippen LogP contribution is 2.35. The Morgan fingerprint density at radius 2 is 1.79 bits per heavy atom. The summed E-state index contributed by atoms with van der Waals surface area (Å²) in [6, 6.07) is 7.59. The average molecular weight is 451 g/mol. The van der Waals surface area contributed by atoms with Crippen molar-refractivity contribution in [2.24, 2.45) is 0 Å². The molecule has 2 atom stereocenters. The molecule has 1 aliphatic heterocycles. The molecular formula is C25H28F2N6. The number of hydrogen-bond donors (Lipinski definition) is 0. The first kappa shape index (κ1) is 21.8. The highest BCUT2D eigenvalue weighted by molar-refractivity contribution is 5.84. The second-order valence-electron chi connectivity index (χ2n) is 9.32. The minimum Gasteiger partial charge on any atom is -0.295 e. The average Bonchev–Trinajstić information content (AvgIpc) is 3.16. The molecule has 0 unspecified atom stereocenters. The molecule has 0 saturated carbocycles. The molecule has 6 nitrogen and oxygen atoms in total. The fourth-order valence-corrected chi connectivity index (χ4v) is 5.26. The number of hydrogen-bond acceptors (Lipinski definition) is 5. The molecule has 0 spiro atoms. The molecule has 8 heteroatoms. The SMILES string of the molecule is Cc1cn2nc(-c3cc(F)c4cc(C5C[C@H](C)N(CCF)[C@@H](C)C5)nnc4c3)cc(C)c2n1. The summed E-state index contributed by atoms with van der Waals surface area (Å²) in [5.41, 5.74) is 5.26. The van der Waals surface area contributed by atoms with Crippen molar-refractivity contribution in [3.8, 4) is 11.3 Å². The number of likely N-dealkylation sites (tertiary alicyclic amines) is 1. The fourth-order valence-electron chi connectivity index (χ4n) is 5.26. The molecule has 0 amide bonds. The maximum absolute atomic E-state index is 15.2. The number of halogens is 2. The van der Waals surface area contributed by atoms with Crippen LogP contribution in [0.1, 0.15) is 49.6 Å². The first-order valence-electron chi connectivity index (χ1n) is 11.5. The number of aryl methyl sites for hydroxylation is 2. The minimum absolute atomic E-state index is 0.179. The van der Waals surface area contributed by atoms with Crippen molar-refractivity contribution in [3.63, 3.8) is 0 Å². The van der Waals surface area contributed by atoms with Gasteiger partial charge < -0.3 is 0 Å². The molecule has 4 aromatic rings. The van der Waals surface area contributed by atoms with E-state index in [1.54, 1.807) is 4.52 Å². The van der Waals surface area contributed by atoms with E-state index in [0.717, 1.165) is 35.4 Å². The first-order chi connectivity index (χ1) is 15.8. The number of aromatic nitrogens is 5. The molecule has 1 aromatic carbocycles. The fraction of sp³-hybridized carbons (Fsp3) is 0.440. The summed E-state index contributed by atoms with van der Waals surface area (Å²) >= 11 is 0. The molecule has 1 aliphatic rings. The van der Waals surface area contributed by atoms with Crippen molar-refractivity contribution in [2.45, 2.75) is 58.5 Å². The lowest BCUT2D eigenvalue weighted by Gasteiger charge is -2.42. The van der Waals surface area contributed by atoms with Gasteiger partial charge in [0.25, 0.3) is 0 Å². The normalized spacial score (nSPS) is 21.8. The zero-order chi connectivity index (χ0) is 23.3. The lowest BCUT2D eigenvalue weighted by molar-refractivity contribution is 0.0827. The third-order valence-corrected chi connectivity index (χ3v) is 6.84. The van der Waals surface area contributed by atoms with Crippen LogP contribution in [0.5, 0.6) is 0 Å². The number of fused-ring (bicyclic) bond motifs is 2. The van der Waals surface area contributed by atoms with Gasteiger partial charge in [-0.15, -0.1) is 0 Å². The molecule has 1 fully saturated rings. The maximum atomic E-state index is 15.2. The first-order valence-corrected chi connectivity index (χ1v) is 11.5. The van der Waals surface area contributed by atoms with Crippen LogP contribution in [0, 0.1) is 19.7 Å². The van der Waals surface area contributed by atoms with Gasteiger partial charge in [-0.05, 0) is 70.4 Å². The van der Waals surface area contributed by atoms with Gasteiger partial charge in [0.05, 0.1) is 28.8 Å². The van der Waals surface area contributed by atoms with E-state index in [9.17, 15) is 4.39 Å². The zero-order valence-corrected chi connectivity index (χ0v) is 19.4. The maximum Gasteiger partial charge on any atom is 0.156 e. The van der Waals surface area contributed by atoms with Crippen molar-refractivity contribution >= 4 is 16.6 Å². The molecule has 0 bridgehead atoms. The predicted octanol–water partition coefficient (Wildman–Crippen LogP) is 5.02. The minimum atomic E-state index is -0.343. The predicted molar refractivity (Wildman–Crippen MR) is 125 cm³/mol. The van der Waals surface area contributed by atoms with Crippen LogP contribution in [0.2, 0.25) is 0 Å². The number of benzene rings is 1. The van der Waals surface area contributed by atoms with E-state index in [0.29, 0.717) is 28.7 Å². The van der Waals surface area contributed by atoms with Gasteiger partial charge in [-0.1, -0.05) is 0 Å². The third kappa shape index (κ3) is 3.97. The lowest BCUT2D eigenvalue weighted by atomic mass is 9.84. The molecular weight excluding hydrogens is 422 g/mol. The van der Waals surface area contributed by atoms with Gasteiger partial charge in [-0.2, -0.15) is 15.3 Å². The molecule has 172 valence electrons. The van der Waals surface area contributed by atoms with Crippen LogP contribution in [0.4, 0.5) is 8.78 Å². The van der Waals surface area contributed by atoms with E-state index in [-0.39, 0.29) is 30.5 Å². The number of rotatable bonds is 4. The van der Waals surface area contributed by atoms with Crippen LogP contribution >= 0.6 is 0 Å². The smallest absolute Gasteiger partial charge is 0.156 e. The summed E-state index contributed by atoms with van der Waals surface area (Å²) in [7, 11) is 0. The molecule has 0 N–H and O–H groups in total. The molecule has 33 heavy (non-hydrogen) atoms. The Morgan fingerprint density at radius 3 is 2.52 bits per heavy atom. The van der Waals surface area contributed by atoms with Crippen LogP contribution in [0.3, 0.4) is 0 Å². The summed E-state index contributed by atoms with van der Waals surface area (Å²) < 4.78 is 29.9. The van der Waals surface area contributed by atoms with Crippen molar-refractivity contribution in [3.05, 3.63) is 53.2 Å². The van der Waals surface area contributed by atoms with Gasteiger partial charge in [0.15, 0.2) is 5.65 Å². The molecule has 3 aromatic heterocycles. The van der Waals surface area contributed by atoms with Gasteiger partial charge >= 0.3 is 0 Å². The van der Waals surface area contributed by atoms with Crippen molar-refractivity contribution in [1.29, 1.82) is 0 Å². The Labute approximate surface area is 191 Å². The van der Waals surface area contributed by atoms with Crippen LogP contribution in [-0.4, -0.2) is 55.0 Å². The van der Waals surface area contributed by atoms with Crippen LogP contribution in [-0.2, 0) is 0 Å². The summed E-state index contributed by atoms with van der Waals surface area (Å²) in [6.45, 7) is 8.24. The van der Waals surface area contributed by atoms with Crippen LogP contribution < -0.4 is 0 Å². The van der Waals surface area contributed by atoms with E-state index in [4.69, 9.17) is 0 Å². The summed E-state index contributed by atoms with van der Waals surface area (Å²) in [6.07, 6.45) is 3.58. The summed E-state index contributed by atoms with van der Waals surface area (Å²) in [5, 5.41) is 13.9. The van der Waals surface area contributed by atoms with Gasteiger partial charge in [0.1, 0.15) is 12.5 Å². The summed E-state index contributed by atoms with van der Waals surface area (Å²) in [4.78, 5) is 6.68. The van der Waals surface area contributed by atoms with E-state index in [1.165, 1.54) is 6.07 Å². The molecule has 4 heterocycles. The molecule has 1 saturated heterocycles. The van der Waals surface area contributed by atoms with E-state index >= 15 is 4.39 Å². The van der Waals surface area contributed by atoms with Gasteiger partial charge in [0, 0.05) is 35.5 Å². The number of imidazole rings is 1. The lowest BCUT2D eigenvalue weighted by Crippen LogP contribution is -2.47. The monoisotopic (exact) mass is 450 g/mol. The molecule has 5 rings (SSSR count). The van der Waals surface area contributed by atoms with Crippen LogP contribution in [0.15, 0.2) is 30.5 Å². The highest BCUT2D eigenvalue weighted by Gasteiger charge is 2.32. The van der Waals surface area contributed by atoms with E-state index in [1.807, 2.05) is 38.2 Å². The quantitative estimate of drug-likeness (QED) is 0.437. The summed E-state index contributed by atoms with van der Waals surface area (Å²) in [5.74, 6) is -0.158. The van der Waals surface area contributed by atoms with Crippen LogP contribution in [0.25, 0.3) is 27.8 Å². The van der Waals surface area contributed by atoms with Crippen molar-refractivity contribution in [2.75, 3.05) is 13.2 Å². The Morgan fingerprint density at radius 1 is 1.03 bits per heavy atom. The Balaban J connectivity index is 1.49. The Hall–Kier alpha value is -3.00. The molecule has 0 aliphatic carbocycles. The number of nitrogens with zero attached hydrogens (tertiary/aromatic N) is 6. The van der Waals surface area contributed by atoms with Gasteiger partial charge in [-0.3, -0.25) is 4.90 Å². The Kier molecular flexibility index (Phi) is 5.56. The number of piperidine rings is 1. The Bertz CT molecular complexity index is 1320. The third-order valence-electron chi connectivity index (χ3n) is 6.84. The van der Waals surface area contributed by atoms with Crippen molar-refractivity contribution < 1.29 is 8.78 Å². The zero-order valence-electron chi connectivity index (χ0n) is 19.4. The standard InChI is InChI=1S/C25H28F2N6/c1-14-7-23(31-33-13-15(2)28-25(14)33)19-10-21(27)20-12-22(29-30-24(20)11-19)18-8-16(3)32(6-5-26)17(4)9-18/h7,10-13,16-18H,5-6,8-9H2,1-4H3/t16-,17-/m0/s1. The van der Waals surface area contributed by atoms with E-state index in [2.05, 4.69) is 39.0 Å². The molecule has 0 radical (unpaired) electrons. The highest BCUT2D eigenvalue weighted by atomic mass is 19.1. The topological polar surface area (TPSA) is 59.2 Å². The van der Waals surface area contributed by atoms with E-state index < -0.39 is 0 Å². The van der Waals surface area contributed by atoms with Crippen molar-refractivity contribution in [1.82, 2.24) is 29.7 Å². The number of alkyl halides is 1. The second-order valence-corrected chi connectivity index (χ2v) is 9.32.